The monoisotopic (exact) mass is 767 g/mol. The van der Waals surface area contributed by atoms with Gasteiger partial charge < -0.3 is 0 Å². The van der Waals surface area contributed by atoms with Gasteiger partial charge in [0, 0.05) is 0 Å². The molecule has 0 N–H and O–H groups in total. The molecule has 0 spiro atoms. The van der Waals surface area contributed by atoms with E-state index in [1.807, 2.05) is 0 Å². The minimum absolute atomic E-state index is 3.63. The van der Waals surface area contributed by atoms with Gasteiger partial charge in [-0.15, -0.1) is 21.9 Å². The third-order valence-corrected chi connectivity index (χ3v) is 8.57. The van der Waals surface area contributed by atoms with Crippen LogP contribution in [0, 0.1) is 0 Å². The van der Waals surface area contributed by atoms with Crippen molar-refractivity contribution in [3.05, 3.63) is 45.2 Å². The van der Waals surface area contributed by atoms with Crippen LogP contribution in [-0.2, 0) is 0 Å². The molecule has 0 amide bonds. The first-order chi connectivity index (χ1) is 21.6. The van der Waals surface area contributed by atoms with Gasteiger partial charge in [-0.1, -0.05) is 0 Å². The number of hydrogen-bond donors (Lipinski definition) is 0. The van der Waals surface area contributed by atoms with Crippen molar-refractivity contribution in [1.82, 2.24) is 0 Å². The maximum Gasteiger partial charge on any atom is 0.301 e. The highest BCUT2D eigenvalue weighted by atomic mass is 19.3. The van der Waals surface area contributed by atoms with Crippen LogP contribution in [0.5, 0.6) is 0 Å². The minimum Gasteiger partial charge on any atom is -0.240 e. The molecule has 4 aliphatic rings. The lowest BCUT2D eigenvalue weighted by Gasteiger charge is -2.59. The normalized spacial score (nSPS) is 35.8. The van der Waals surface area contributed by atoms with Crippen molar-refractivity contribution in [2.24, 2.45) is 0 Å². The average molecular weight is 767 g/mol. The number of alkyl halides is 20. The Kier molecular flexibility index (Phi) is 8.54. The van der Waals surface area contributed by atoms with Gasteiger partial charge in [-0.25, -0.2) is 70.2 Å². The summed E-state index contributed by atoms with van der Waals surface area (Å²) in [5, 5.41) is 0. The van der Waals surface area contributed by atoms with Gasteiger partial charge in [-0.05, 0) is 0 Å². The SMILES string of the molecule is FC1=C([B-](C2=C(F)C(F)(F)CC(F)(F)C2F)(C2=C(F)C(F)(F)CC(F)(F)C2F)C2=C(F)C(F)(F)CC(F)(F)C2F)C(F)C(F)(F)CC1(F)F. The fourth-order valence-electron chi connectivity index (χ4n) is 6.70. The zero-order valence-corrected chi connectivity index (χ0v) is 22.8. The summed E-state index contributed by atoms with van der Waals surface area (Å²) >= 11 is 0. The van der Waals surface area contributed by atoms with Gasteiger partial charge >= 0.3 is 23.7 Å². The lowest BCUT2D eigenvalue weighted by molar-refractivity contribution is -0.147. The predicted molar refractivity (Wildman–Crippen MR) is 116 cm³/mol. The number of rotatable bonds is 4. The molecule has 0 aromatic rings. The van der Waals surface area contributed by atoms with E-state index in [1.54, 1.807) is 0 Å². The molecule has 0 nitrogen and oxygen atoms in total. The third-order valence-electron chi connectivity index (χ3n) is 8.57. The summed E-state index contributed by atoms with van der Waals surface area (Å²) in [7, 11) is 0. The Labute approximate surface area is 255 Å². The number of allylic oxidation sites excluding steroid dienone is 8. The first-order valence-electron chi connectivity index (χ1n) is 12.9. The zero-order valence-electron chi connectivity index (χ0n) is 22.8. The van der Waals surface area contributed by atoms with Crippen LogP contribution >= 0.6 is 0 Å². The van der Waals surface area contributed by atoms with Crippen LogP contribution in [0.2, 0.25) is 0 Å². The molecule has 0 aromatic heterocycles. The molecular weight excluding hydrogens is 755 g/mol. The molecule has 0 fully saturated rings. The molecule has 0 saturated carbocycles. The van der Waals surface area contributed by atoms with Crippen molar-refractivity contribution in [2.75, 3.05) is 0 Å². The second kappa shape index (κ2) is 10.7. The molecule has 0 saturated heterocycles. The van der Waals surface area contributed by atoms with E-state index in [0.717, 1.165) is 0 Å². The third kappa shape index (κ3) is 5.42. The van der Waals surface area contributed by atoms with Crippen molar-refractivity contribution in [1.29, 1.82) is 0 Å². The van der Waals surface area contributed by atoms with Crippen LogP contribution in [-0.4, -0.2) is 78.2 Å². The Morgan fingerprint density at radius 1 is 0.327 bits per heavy atom. The van der Waals surface area contributed by atoms with Gasteiger partial charge in [-0.3, -0.25) is 0 Å². The number of halogens is 24. The average Bonchev–Trinajstić information content (AvgIpc) is 2.87. The fourth-order valence-corrected chi connectivity index (χ4v) is 6.70. The summed E-state index contributed by atoms with van der Waals surface area (Å²) in [6.45, 7) is 0. The van der Waals surface area contributed by atoms with Crippen LogP contribution in [0.4, 0.5) is 105 Å². The first kappa shape index (κ1) is 39.1. The number of hydrogen-bond acceptors (Lipinski definition) is 0. The largest absolute Gasteiger partial charge is 0.301 e. The van der Waals surface area contributed by atoms with Gasteiger partial charge in [0.05, 0.1) is 25.7 Å². The van der Waals surface area contributed by atoms with E-state index in [2.05, 4.69) is 0 Å². The van der Waals surface area contributed by atoms with Gasteiger partial charge in [0.2, 0.25) is 0 Å². The molecule has 4 unspecified atom stereocenters. The van der Waals surface area contributed by atoms with Crippen LogP contribution < -0.4 is 0 Å². The topological polar surface area (TPSA) is 0 Å². The standard InChI is InChI=1S/C24H12BF24/c26-9-5(10(27)18(36,37)1-17(9,34)35)25(6-11(28)19(38,39)2-20(40,41)12(6)29,7-13(30)21(42,43)3-22(44,45)14(7)31)8-15(32)23(46,47)4-24(48,49)16(8)33/h9,11,13,15H,1-4H2/q-1. The first-order valence-corrected chi connectivity index (χ1v) is 12.9. The predicted octanol–water partition coefficient (Wildman–Crippen LogP) is 10.5. The Balaban J connectivity index is 2.58. The van der Waals surface area contributed by atoms with E-state index < -0.39 is 149 Å². The second-order valence-electron chi connectivity index (χ2n) is 12.0. The molecule has 0 radical (unpaired) electrons. The molecule has 4 rings (SSSR count). The molecule has 280 valence electrons. The lowest BCUT2D eigenvalue weighted by atomic mass is 9.07. The van der Waals surface area contributed by atoms with Crippen LogP contribution in [0.25, 0.3) is 0 Å². The highest BCUT2D eigenvalue weighted by Crippen LogP contribution is 2.66. The summed E-state index contributed by atoms with van der Waals surface area (Å²) in [4.78, 5) is 0. The molecule has 25 heteroatoms. The fraction of sp³-hybridized carbons (Fsp3) is 0.667. The van der Waals surface area contributed by atoms with E-state index in [9.17, 15) is 70.2 Å². The van der Waals surface area contributed by atoms with Crippen LogP contribution in [0.1, 0.15) is 25.7 Å². The van der Waals surface area contributed by atoms with E-state index in [0.29, 0.717) is 0 Å². The highest BCUT2D eigenvalue weighted by Gasteiger charge is 2.73. The second-order valence-corrected chi connectivity index (χ2v) is 12.0. The van der Waals surface area contributed by atoms with E-state index in [1.165, 1.54) is 0 Å². The van der Waals surface area contributed by atoms with Crippen molar-refractivity contribution in [3.63, 3.8) is 0 Å². The lowest BCUT2D eigenvalue weighted by Crippen LogP contribution is -2.67. The van der Waals surface area contributed by atoms with E-state index in [4.69, 9.17) is 0 Å². The highest BCUT2D eigenvalue weighted by molar-refractivity contribution is 7.05. The minimum atomic E-state index is -8.30. The summed E-state index contributed by atoms with van der Waals surface area (Å²) in [5.74, 6) is -68.7. The summed E-state index contributed by atoms with van der Waals surface area (Å²) < 4.78 is 360. The van der Waals surface area contributed by atoms with Gasteiger partial charge in [-0.2, -0.15) is 35.1 Å². The maximum absolute atomic E-state index is 15.6. The van der Waals surface area contributed by atoms with E-state index in [-0.39, 0.29) is 0 Å². The molecule has 0 bridgehead atoms. The maximum atomic E-state index is 15.6. The van der Waals surface area contributed by atoms with Crippen molar-refractivity contribution < 1.29 is 105 Å². The Hall–Kier alpha value is -2.66. The van der Waals surface area contributed by atoms with Crippen molar-refractivity contribution >= 4 is 6.15 Å². The molecule has 0 aliphatic heterocycles. The summed E-state index contributed by atoms with van der Waals surface area (Å²) in [6.07, 6.45) is -45.5. The quantitative estimate of drug-likeness (QED) is 0.198. The molecule has 4 atom stereocenters. The van der Waals surface area contributed by atoms with Gasteiger partial charge in [0.15, 0.2) is 24.7 Å². The van der Waals surface area contributed by atoms with Crippen molar-refractivity contribution in [3.8, 4) is 0 Å². The van der Waals surface area contributed by atoms with E-state index >= 15 is 35.1 Å². The zero-order chi connectivity index (χ0) is 38.3. The smallest absolute Gasteiger partial charge is 0.240 e. The Morgan fingerprint density at radius 3 is 0.612 bits per heavy atom. The van der Waals surface area contributed by atoms with Crippen LogP contribution in [0.3, 0.4) is 0 Å². The van der Waals surface area contributed by atoms with Crippen LogP contribution in [0.15, 0.2) is 45.2 Å². The molecule has 0 heterocycles. The molecular formula is C24H12BF24-. The van der Waals surface area contributed by atoms with Crippen molar-refractivity contribution in [2.45, 2.75) is 97.8 Å². The van der Waals surface area contributed by atoms with Gasteiger partial charge in [0.25, 0.3) is 23.7 Å². The van der Waals surface area contributed by atoms with Gasteiger partial charge in [0.1, 0.15) is 29.5 Å². The summed E-state index contributed by atoms with van der Waals surface area (Å²) in [5.41, 5.74) is -17.7. The Morgan fingerprint density at radius 2 is 0.469 bits per heavy atom. The molecule has 0 aromatic carbocycles. The Bertz CT molecular complexity index is 1320. The summed E-state index contributed by atoms with van der Waals surface area (Å²) in [6, 6.07) is 0. The molecule has 4 aliphatic carbocycles. The molecule has 49 heavy (non-hydrogen) atoms.